The molecule has 1 rings (SSSR count). The van der Waals surface area contributed by atoms with Crippen molar-refractivity contribution in [1.82, 2.24) is 0 Å². The summed E-state index contributed by atoms with van der Waals surface area (Å²) >= 11 is 0. The molecule has 1 aliphatic rings. The summed E-state index contributed by atoms with van der Waals surface area (Å²) < 4.78 is 10.4. The SMILES string of the molecule is CCCCCCCCCOC(=O)CC(=O)C1CCOCC1. The minimum Gasteiger partial charge on any atom is -0.465 e. The molecule has 0 bridgehead atoms. The van der Waals surface area contributed by atoms with Gasteiger partial charge in [0.1, 0.15) is 12.2 Å². The van der Waals surface area contributed by atoms with Crippen molar-refractivity contribution in [3.05, 3.63) is 0 Å². The van der Waals surface area contributed by atoms with E-state index in [1.165, 1.54) is 32.1 Å². The summed E-state index contributed by atoms with van der Waals surface area (Å²) in [6.07, 6.45) is 9.77. The third-order valence-corrected chi connectivity index (χ3v) is 4.01. The average Bonchev–Trinajstić information content (AvgIpc) is 2.50. The Morgan fingerprint density at radius 1 is 1.00 bits per heavy atom. The second kappa shape index (κ2) is 11.7. The summed E-state index contributed by atoms with van der Waals surface area (Å²) in [4.78, 5) is 23.5. The molecule has 4 nitrogen and oxygen atoms in total. The number of rotatable bonds is 11. The van der Waals surface area contributed by atoms with Gasteiger partial charge in [0.2, 0.25) is 0 Å². The highest BCUT2D eigenvalue weighted by Gasteiger charge is 2.23. The zero-order valence-electron chi connectivity index (χ0n) is 13.4. The van der Waals surface area contributed by atoms with Crippen molar-refractivity contribution < 1.29 is 19.1 Å². The molecule has 0 unspecified atom stereocenters. The second-order valence-electron chi connectivity index (χ2n) is 5.87. The molecule has 0 amide bonds. The molecule has 1 saturated heterocycles. The molecule has 0 radical (unpaired) electrons. The Hall–Kier alpha value is -0.900. The monoisotopic (exact) mass is 298 g/mol. The van der Waals surface area contributed by atoms with Crippen LogP contribution in [0.25, 0.3) is 0 Å². The van der Waals surface area contributed by atoms with Crippen LogP contribution in [0.2, 0.25) is 0 Å². The van der Waals surface area contributed by atoms with Gasteiger partial charge in [0.15, 0.2) is 0 Å². The summed E-state index contributed by atoms with van der Waals surface area (Å²) in [6.45, 7) is 3.92. The van der Waals surface area contributed by atoms with Gasteiger partial charge in [0.25, 0.3) is 0 Å². The maximum absolute atomic E-state index is 11.9. The number of ether oxygens (including phenoxy) is 2. The number of ketones is 1. The smallest absolute Gasteiger partial charge is 0.313 e. The van der Waals surface area contributed by atoms with Gasteiger partial charge < -0.3 is 9.47 Å². The summed E-state index contributed by atoms with van der Waals surface area (Å²) in [5.41, 5.74) is 0. The van der Waals surface area contributed by atoms with Gasteiger partial charge in [0.05, 0.1) is 6.61 Å². The molecule has 0 spiro atoms. The van der Waals surface area contributed by atoms with Crippen LogP contribution in [0, 0.1) is 5.92 Å². The van der Waals surface area contributed by atoms with Crippen LogP contribution >= 0.6 is 0 Å². The Labute approximate surface area is 128 Å². The predicted molar refractivity (Wildman–Crippen MR) is 82.1 cm³/mol. The van der Waals surface area contributed by atoms with E-state index in [-0.39, 0.29) is 24.1 Å². The van der Waals surface area contributed by atoms with E-state index < -0.39 is 0 Å². The van der Waals surface area contributed by atoms with Gasteiger partial charge in [-0.15, -0.1) is 0 Å². The lowest BCUT2D eigenvalue weighted by atomic mass is 9.94. The zero-order valence-corrected chi connectivity index (χ0v) is 13.4. The molecule has 122 valence electrons. The molecule has 0 N–H and O–H groups in total. The lowest BCUT2D eigenvalue weighted by Crippen LogP contribution is -2.25. The number of hydrogen-bond donors (Lipinski definition) is 0. The van der Waals surface area contributed by atoms with Crippen LogP contribution in [-0.2, 0) is 19.1 Å². The topological polar surface area (TPSA) is 52.6 Å². The summed E-state index contributed by atoms with van der Waals surface area (Å²) in [6, 6.07) is 0. The average molecular weight is 298 g/mol. The van der Waals surface area contributed by atoms with E-state index in [1.807, 2.05) is 0 Å². The Morgan fingerprint density at radius 3 is 2.29 bits per heavy atom. The highest BCUT2D eigenvalue weighted by atomic mass is 16.5. The van der Waals surface area contributed by atoms with Crippen molar-refractivity contribution in [3.63, 3.8) is 0 Å². The summed E-state index contributed by atoms with van der Waals surface area (Å²) in [5, 5.41) is 0. The third kappa shape index (κ3) is 8.86. The minimum absolute atomic E-state index is 0.00938. The van der Waals surface area contributed by atoms with Gasteiger partial charge in [-0.1, -0.05) is 45.4 Å². The molecule has 1 fully saturated rings. The first-order valence-electron chi connectivity index (χ1n) is 8.50. The normalized spacial score (nSPS) is 15.9. The Kier molecular flexibility index (Phi) is 10.1. The van der Waals surface area contributed by atoms with E-state index in [9.17, 15) is 9.59 Å². The van der Waals surface area contributed by atoms with Crippen LogP contribution in [0.4, 0.5) is 0 Å². The van der Waals surface area contributed by atoms with Crippen LogP contribution in [-0.4, -0.2) is 31.6 Å². The van der Waals surface area contributed by atoms with Crippen molar-refractivity contribution in [2.75, 3.05) is 19.8 Å². The number of hydrogen-bond acceptors (Lipinski definition) is 4. The second-order valence-corrected chi connectivity index (χ2v) is 5.87. The molecule has 21 heavy (non-hydrogen) atoms. The zero-order chi connectivity index (χ0) is 15.3. The fourth-order valence-corrected chi connectivity index (χ4v) is 2.60. The van der Waals surface area contributed by atoms with E-state index in [4.69, 9.17) is 9.47 Å². The summed E-state index contributed by atoms with van der Waals surface area (Å²) in [5.74, 6) is -0.356. The van der Waals surface area contributed by atoms with Crippen molar-refractivity contribution in [1.29, 1.82) is 0 Å². The molecule has 1 aliphatic heterocycles. The molecular weight excluding hydrogens is 268 g/mol. The first-order valence-corrected chi connectivity index (χ1v) is 8.50. The van der Waals surface area contributed by atoms with E-state index in [2.05, 4.69) is 6.92 Å². The quantitative estimate of drug-likeness (QED) is 0.332. The fraction of sp³-hybridized carbons (Fsp3) is 0.882. The third-order valence-electron chi connectivity index (χ3n) is 4.01. The van der Waals surface area contributed by atoms with E-state index in [1.54, 1.807) is 0 Å². The van der Waals surface area contributed by atoms with E-state index in [0.717, 1.165) is 25.7 Å². The van der Waals surface area contributed by atoms with Gasteiger partial charge in [-0.2, -0.15) is 0 Å². The molecule has 0 aliphatic carbocycles. The molecule has 4 heteroatoms. The highest BCUT2D eigenvalue weighted by Crippen LogP contribution is 2.17. The molecule has 1 heterocycles. The maximum Gasteiger partial charge on any atom is 0.313 e. The van der Waals surface area contributed by atoms with Crippen molar-refractivity contribution >= 4 is 11.8 Å². The van der Waals surface area contributed by atoms with Gasteiger partial charge in [-0.05, 0) is 19.3 Å². The molecule has 0 aromatic heterocycles. The fourth-order valence-electron chi connectivity index (χ4n) is 2.60. The van der Waals surface area contributed by atoms with Crippen LogP contribution in [0.5, 0.6) is 0 Å². The number of esters is 1. The van der Waals surface area contributed by atoms with Crippen molar-refractivity contribution in [2.45, 2.75) is 71.1 Å². The molecule has 0 aromatic carbocycles. The highest BCUT2D eigenvalue weighted by molar-refractivity contribution is 5.96. The van der Waals surface area contributed by atoms with Crippen molar-refractivity contribution in [2.24, 2.45) is 5.92 Å². The lowest BCUT2D eigenvalue weighted by molar-refractivity contribution is -0.147. The number of Topliss-reactive ketones (excluding diaryl/α,β-unsaturated/α-hetero) is 1. The molecule has 0 aromatic rings. The van der Waals surface area contributed by atoms with Gasteiger partial charge in [-0.25, -0.2) is 0 Å². The van der Waals surface area contributed by atoms with Crippen LogP contribution < -0.4 is 0 Å². The molecule has 0 atom stereocenters. The van der Waals surface area contributed by atoms with Crippen LogP contribution in [0.15, 0.2) is 0 Å². The van der Waals surface area contributed by atoms with Crippen LogP contribution in [0.1, 0.15) is 71.1 Å². The number of carbonyl (C=O) groups is 2. The molecule has 0 saturated carbocycles. The van der Waals surface area contributed by atoms with Gasteiger partial charge >= 0.3 is 5.97 Å². The number of carbonyl (C=O) groups excluding carboxylic acids is 2. The van der Waals surface area contributed by atoms with Crippen molar-refractivity contribution in [3.8, 4) is 0 Å². The Balaban J connectivity index is 1.97. The van der Waals surface area contributed by atoms with E-state index >= 15 is 0 Å². The van der Waals surface area contributed by atoms with Gasteiger partial charge in [-0.3, -0.25) is 9.59 Å². The maximum atomic E-state index is 11.9. The van der Waals surface area contributed by atoms with Crippen LogP contribution in [0.3, 0.4) is 0 Å². The minimum atomic E-state index is -0.363. The largest absolute Gasteiger partial charge is 0.465 e. The summed E-state index contributed by atoms with van der Waals surface area (Å²) in [7, 11) is 0. The lowest BCUT2D eigenvalue weighted by Gasteiger charge is -2.20. The first-order chi connectivity index (χ1) is 10.2. The molecular formula is C17H30O4. The standard InChI is InChI=1S/C17H30O4/c1-2-3-4-5-6-7-8-11-21-17(19)14-16(18)15-9-12-20-13-10-15/h15H,2-14H2,1H3. The van der Waals surface area contributed by atoms with Gasteiger partial charge in [0, 0.05) is 19.1 Å². The number of unbranched alkanes of at least 4 members (excludes halogenated alkanes) is 6. The Bertz CT molecular complexity index is 295. The Morgan fingerprint density at radius 2 is 1.62 bits per heavy atom. The van der Waals surface area contributed by atoms with E-state index in [0.29, 0.717) is 19.8 Å². The predicted octanol–water partition coefficient (Wildman–Crippen LogP) is 3.67. The first kappa shape index (κ1) is 18.1.